The van der Waals surface area contributed by atoms with Gasteiger partial charge in [-0.15, -0.1) is 0 Å². The van der Waals surface area contributed by atoms with Crippen molar-refractivity contribution >= 4 is 29.8 Å². The van der Waals surface area contributed by atoms with Gasteiger partial charge in [-0.3, -0.25) is 19.2 Å². The molecule has 0 bridgehead atoms. The zero-order valence-electron chi connectivity index (χ0n) is 36.1. The van der Waals surface area contributed by atoms with Crippen molar-refractivity contribution in [3.05, 3.63) is 59.7 Å². The minimum Gasteiger partial charge on any atom is -0.481 e. The van der Waals surface area contributed by atoms with Gasteiger partial charge in [0, 0.05) is 59.3 Å². The number of alkyl carbamates (subject to hydrolysis) is 1. The third-order valence-electron chi connectivity index (χ3n) is 9.78. The predicted octanol–water partition coefficient (Wildman–Crippen LogP) is 3.43. The minimum atomic E-state index is -0.919. The Hall–Kier alpha value is -4.65. The lowest BCUT2D eigenvalue weighted by Gasteiger charge is -2.28. The molecule has 0 radical (unpaired) electrons. The van der Waals surface area contributed by atoms with Crippen molar-refractivity contribution in [2.45, 2.75) is 44.9 Å². The number of amides is 4. The van der Waals surface area contributed by atoms with E-state index in [2.05, 4.69) is 29.6 Å². The molecule has 2 N–H and O–H groups in total. The van der Waals surface area contributed by atoms with Crippen LogP contribution in [0.3, 0.4) is 0 Å². The number of rotatable bonds is 34. The van der Waals surface area contributed by atoms with Crippen molar-refractivity contribution in [1.82, 2.24) is 20.0 Å². The van der Waals surface area contributed by atoms with Gasteiger partial charge in [-0.1, -0.05) is 55.5 Å². The third-order valence-corrected chi connectivity index (χ3v) is 9.78. The third kappa shape index (κ3) is 20.2. The van der Waals surface area contributed by atoms with Gasteiger partial charge in [-0.25, -0.2) is 4.79 Å². The van der Waals surface area contributed by atoms with Gasteiger partial charge in [-0.2, -0.15) is 0 Å². The van der Waals surface area contributed by atoms with Gasteiger partial charge in [0.1, 0.15) is 6.61 Å². The van der Waals surface area contributed by atoms with Crippen LogP contribution in [0.1, 0.15) is 56.1 Å². The number of carbonyl (C=O) groups is 5. The van der Waals surface area contributed by atoms with Crippen molar-refractivity contribution < 1.29 is 62.2 Å². The molecule has 0 aliphatic heterocycles. The van der Waals surface area contributed by atoms with Gasteiger partial charge >= 0.3 is 12.1 Å². The molecule has 0 saturated carbocycles. The maximum atomic E-state index is 13.4. The number of hydrogen-bond acceptors (Lipinski definition) is 12. The van der Waals surface area contributed by atoms with Crippen molar-refractivity contribution in [3.63, 3.8) is 0 Å². The molecule has 2 aromatic rings. The molecule has 0 atom stereocenters. The molecule has 0 spiro atoms. The molecule has 17 nitrogen and oxygen atoms in total. The molecule has 0 fully saturated rings. The van der Waals surface area contributed by atoms with Gasteiger partial charge in [0.05, 0.1) is 98.4 Å². The highest BCUT2D eigenvalue weighted by atomic mass is 16.6. The number of carbonyl (C=O) groups excluding carboxylic acids is 4. The van der Waals surface area contributed by atoms with Crippen LogP contribution in [0.4, 0.5) is 4.79 Å². The lowest BCUT2D eigenvalue weighted by Crippen LogP contribution is -2.44. The number of likely N-dealkylation sites (N-methyl/N-ethyl adjacent to an activating group) is 2. The van der Waals surface area contributed by atoms with Crippen molar-refractivity contribution in [2.24, 2.45) is 0 Å². The number of aliphatic carboxylic acids is 1. The summed E-state index contributed by atoms with van der Waals surface area (Å²) in [6.45, 7) is 7.10. The summed E-state index contributed by atoms with van der Waals surface area (Å²) >= 11 is 0. The summed E-state index contributed by atoms with van der Waals surface area (Å²) < 4.78 is 38.2. The van der Waals surface area contributed by atoms with E-state index in [0.717, 1.165) is 28.7 Å². The van der Waals surface area contributed by atoms with Crippen LogP contribution in [0.5, 0.6) is 0 Å². The van der Waals surface area contributed by atoms with E-state index in [1.54, 1.807) is 23.9 Å². The van der Waals surface area contributed by atoms with Crippen LogP contribution >= 0.6 is 0 Å². The number of carboxylic acids is 1. The smallest absolute Gasteiger partial charge is 0.407 e. The molecule has 2 aromatic carbocycles. The second-order valence-corrected chi connectivity index (χ2v) is 14.3. The zero-order chi connectivity index (χ0) is 44.1. The number of nitrogens with zero attached hydrogens (tertiary/aromatic N) is 3. The lowest BCUT2D eigenvalue weighted by atomic mass is 9.98. The van der Waals surface area contributed by atoms with Crippen molar-refractivity contribution in [2.75, 3.05) is 133 Å². The summed E-state index contributed by atoms with van der Waals surface area (Å²) in [6, 6.07) is 16.3. The molecule has 61 heavy (non-hydrogen) atoms. The number of nitrogens with one attached hydrogen (secondary N) is 1. The van der Waals surface area contributed by atoms with E-state index in [9.17, 15) is 24.0 Å². The number of hydrogen-bond donors (Lipinski definition) is 2. The standard InChI is InChI=1S/C44H66N4O13/c1-4-22-55-28-29-57-23-13-40(49)46(2)18-20-48(21-19-47(3)41(50)14-24-58-30-32-60-33-31-59-26-16-43(52)53)42(51)15-25-56-27-17-45-44(54)61-34-39-37-11-7-5-9-35(37)36-10-6-8-12-38(36)39/h5-12,39H,4,13-34H2,1-3H3,(H,45,54)(H,52,53). The molecular weight excluding hydrogens is 792 g/mol. The van der Waals surface area contributed by atoms with E-state index in [-0.39, 0.29) is 135 Å². The van der Waals surface area contributed by atoms with Crippen LogP contribution in [-0.4, -0.2) is 182 Å². The van der Waals surface area contributed by atoms with Gasteiger partial charge in [0.2, 0.25) is 17.7 Å². The Balaban J connectivity index is 1.37. The number of ether oxygens (including phenoxy) is 7. The highest BCUT2D eigenvalue weighted by molar-refractivity contribution is 5.79. The number of fused-ring (bicyclic) bond motifs is 3. The topological polar surface area (TPSA) is 192 Å². The molecule has 1 aliphatic carbocycles. The molecule has 0 heterocycles. The summed E-state index contributed by atoms with van der Waals surface area (Å²) in [6.07, 6.45) is 0.727. The number of benzene rings is 2. The number of carboxylic acid groups (broad SMARTS) is 1. The average molecular weight is 859 g/mol. The van der Waals surface area contributed by atoms with Crippen LogP contribution in [0.25, 0.3) is 11.1 Å². The molecule has 4 amide bonds. The molecule has 1 aliphatic rings. The summed E-state index contributed by atoms with van der Waals surface area (Å²) in [7, 11) is 3.34. The summed E-state index contributed by atoms with van der Waals surface area (Å²) in [5, 5.41) is 11.3. The maximum absolute atomic E-state index is 13.4. The van der Waals surface area contributed by atoms with E-state index >= 15 is 0 Å². The fraction of sp³-hybridized carbons (Fsp3) is 0.614. The Morgan fingerprint density at radius 1 is 0.557 bits per heavy atom. The van der Waals surface area contributed by atoms with Gasteiger partial charge in [-0.05, 0) is 28.7 Å². The molecular formula is C44H66N4O13. The second kappa shape index (κ2) is 30.4. The van der Waals surface area contributed by atoms with Crippen LogP contribution in [0.15, 0.2) is 48.5 Å². The molecule has 17 heteroatoms. The van der Waals surface area contributed by atoms with E-state index in [1.165, 1.54) is 4.90 Å². The largest absolute Gasteiger partial charge is 0.481 e. The molecule has 340 valence electrons. The molecule has 0 aromatic heterocycles. The first-order chi connectivity index (χ1) is 29.6. The fourth-order valence-electron chi connectivity index (χ4n) is 6.31. The molecule has 0 unspecified atom stereocenters. The first-order valence-electron chi connectivity index (χ1n) is 21.1. The zero-order valence-corrected chi connectivity index (χ0v) is 36.1. The normalized spacial score (nSPS) is 11.8. The monoisotopic (exact) mass is 858 g/mol. The van der Waals surface area contributed by atoms with E-state index in [4.69, 9.17) is 38.3 Å². The van der Waals surface area contributed by atoms with Gasteiger partial charge < -0.3 is 58.3 Å². The van der Waals surface area contributed by atoms with E-state index in [1.807, 2.05) is 31.2 Å². The predicted molar refractivity (Wildman–Crippen MR) is 226 cm³/mol. The Kier molecular flexibility index (Phi) is 25.3. The Labute approximate surface area is 359 Å². The lowest BCUT2D eigenvalue weighted by molar-refractivity contribution is -0.138. The van der Waals surface area contributed by atoms with Gasteiger partial charge in [0.25, 0.3) is 0 Å². The first kappa shape index (κ1) is 50.7. The second-order valence-electron chi connectivity index (χ2n) is 14.3. The summed E-state index contributed by atoms with van der Waals surface area (Å²) in [5.74, 6) is -1.43. The quantitative estimate of drug-likeness (QED) is 0.0975. The summed E-state index contributed by atoms with van der Waals surface area (Å²) in [5.41, 5.74) is 4.56. The Bertz CT molecular complexity index is 1570. The highest BCUT2D eigenvalue weighted by Crippen LogP contribution is 2.44. The van der Waals surface area contributed by atoms with E-state index < -0.39 is 12.1 Å². The van der Waals surface area contributed by atoms with Gasteiger partial charge in [0.15, 0.2) is 0 Å². The summed E-state index contributed by atoms with van der Waals surface area (Å²) in [4.78, 5) is 66.7. The molecule has 3 rings (SSSR count). The van der Waals surface area contributed by atoms with Crippen LogP contribution in [0, 0.1) is 0 Å². The van der Waals surface area contributed by atoms with Crippen molar-refractivity contribution in [1.29, 1.82) is 0 Å². The Morgan fingerprint density at radius 2 is 0.984 bits per heavy atom. The highest BCUT2D eigenvalue weighted by Gasteiger charge is 2.29. The van der Waals surface area contributed by atoms with Crippen molar-refractivity contribution in [3.8, 4) is 11.1 Å². The maximum Gasteiger partial charge on any atom is 0.407 e. The minimum absolute atomic E-state index is 0.0448. The Morgan fingerprint density at radius 3 is 1.48 bits per heavy atom. The van der Waals surface area contributed by atoms with E-state index in [0.29, 0.717) is 33.0 Å². The SMILES string of the molecule is CCCOCCOCCC(=O)N(C)CCN(CCN(C)C(=O)CCOCCOCCOCCC(=O)O)C(=O)CCOCCNC(=O)OCC1c2ccccc2-c2ccccc21. The molecule has 0 saturated heterocycles. The van der Waals surface area contributed by atoms with Crippen LogP contribution in [-0.2, 0) is 52.3 Å². The van der Waals surface area contributed by atoms with Crippen LogP contribution < -0.4 is 5.32 Å². The average Bonchev–Trinajstić information content (AvgIpc) is 3.58. The first-order valence-corrected chi connectivity index (χ1v) is 21.1. The fourth-order valence-corrected chi connectivity index (χ4v) is 6.31. The van der Waals surface area contributed by atoms with Crippen LogP contribution in [0.2, 0.25) is 0 Å².